The molecule has 4 heteroatoms. The normalized spacial score (nSPS) is 17.3. The number of hydrogen-bond acceptors (Lipinski definition) is 3. The van der Waals surface area contributed by atoms with Gasteiger partial charge in [-0.25, -0.2) is 0 Å². The van der Waals surface area contributed by atoms with Gasteiger partial charge < -0.3 is 14.4 Å². The molecule has 0 fully saturated rings. The summed E-state index contributed by atoms with van der Waals surface area (Å²) < 4.78 is 12.7. The Kier molecular flexibility index (Phi) is 5.28. The van der Waals surface area contributed by atoms with Crippen LogP contribution in [-0.4, -0.2) is 20.2 Å². The lowest BCUT2D eigenvalue weighted by Gasteiger charge is -2.40. The third-order valence-corrected chi connectivity index (χ3v) is 6.23. The van der Waals surface area contributed by atoms with Crippen molar-refractivity contribution < 1.29 is 9.47 Å². The Balaban J connectivity index is 2.01. The third-order valence-electron chi connectivity index (χ3n) is 5.82. The first-order valence-corrected chi connectivity index (χ1v) is 10.4. The maximum absolute atomic E-state index is 6.53. The first kappa shape index (κ1) is 19.8. The van der Waals surface area contributed by atoms with Gasteiger partial charge in [0.1, 0.15) is 11.5 Å². The molecule has 3 nitrogen and oxygen atoms in total. The Morgan fingerprint density at radius 1 is 0.931 bits per heavy atom. The van der Waals surface area contributed by atoms with Crippen LogP contribution in [0.2, 0.25) is 5.02 Å². The van der Waals surface area contributed by atoms with Crippen LogP contribution in [0, 0.1) is 6.92 Å². The van der Waals surface area contributed by atoms with Gasteiger partial charge in [0.25, 0.3) is 0 Å². The van der Waals surface area contributed by atoms with Crippen LogP contribution < -0.4 is 9.64 Å². The molecule has 1 unspecified atom stereocenters. The van der Waals surface area contributed by atoms with E-state index in [2.05, 4.69) is 49.1 Å². The maximum atomic E-state index is 6.53. The van der Waals surface area contributed by atoms with Gasteiger partial charge >= 0.3 is 0 Å². The van der Waals surface area contributed by atoms with Gasteiger partial charge in [0.15, 0.2) is 5.60 Å². The van der Waals surface area contributed by atoms with Crippen LogP contribution in [0.15, 0.2) is 60.7 Å². The fourth-order valence-corrected chi connectivity index (χ4v) is 4.44. The number of fused-ring (bicyclic) bond motifs is 2. The lowest BCUT2D eigenvalue weighted by molar-refractivity contribution is 0.0499. The zero-order valence-corrected chi connectivity index (χ0v) is 18.1. The molecule has 1 aliphatic heterocycles. The van der Waals surface area contributed by atoms with E-state index < -0.39 is 5.60 Å². The quantitative estimate of drug-likeness (QED) is 0.479. The number of benzene rings is 3. The second-order valence-electron chi connectivity index (χ2n) is 7.30. The van der Waals surface area contributed by atoms with Crippen LogP contribution in [0.1, 0.15) is 36.1 Å². The highest BCUT2D eigenvalue weighted by molar-refractivity contribution is 6.31. The van der Waals surface area contributed by atoms with E-state index >= 15 is 0 Å². The lowest BCUT2D eigenvalue weighted by atomic mass is 9.77. The van der Waals surface area contributed by atoms with E-state index in [1.54, 1.807) is 7.11 Å². The topological polar surface area (TPSA) is 21.7 Å². The second kappa shape index (κ2) is 7.74. The number of hydrogen-bond donors (Lipinski definition) is 0. The molecule has 150 valence electrons. The molecular formula is C25H26ClNO2. The number of anilines is 1. The van der Waals surface area contributed by atoms with Gasteiger partial charge in [0, 0.05) is 48.1 Å². The van der Waals surface area contributed by atoms with Crippen molar-refractivity contribution in [2.75, 3.05) is 25.1 Å². The maximum Gasteiger partial charge on any atom is 0.150 e. The molecule has 0 aliphatic carbocycles. The van der Waals surface area contributed by atoms with Crippen molar-refractivity contribution in [3.05, 3.63) is 87.9 Å². The minimum absolute atomic E-state index is 0.702. The molecule has 1 atom stereocenters. The molecular weight excluding hydrogens is 382 g/mol. The molecule has 0 spiro atoms. The van der Waals surface area contributed by atoms with E-state index in [9.17, 15) is 0 Å². The van der Waals surface area contributed by atoms with Crippen molar-refractivity contribution in [1.29, 1.82) is 0 Å². The van der Waals surface area contributed by atoms with E-state index in [0.29, 0.717) is 5.02 Å². The van der Waals surface area contributed by atoms with Crippen molar-refractivity contribution in [3.63, 3.8) is 0 Å². The summed E-state index contributed by atoms with van der Waals surface area (Å²) in [5.74, 6) is 1.59. The summed E-state index contributed by atoms with van der Waals surface area (Å²) in [6.07, 6.45) is 0. The lowest BCUT2D eigenvalue weighted by Crippen LogP contribution is -2.35. The first-order chi connectivity index (χ1) is 14.0. The monoisotopic (exact) mass is 407 g/mol. The minimum Gasteiger partial charge on any atom is -0.456 e. The summed E-state index contributed by atoms with van der Waals surface area (Å²) in [6.45, 7) is 8.19. The number of ether oxygens (including phenoxy) is 2. The number of nitrogens with zero attached hydrogens (tertiary/aromatic N) is 1. The summed E-state index contributed by atoms with van der Waals surface area (Å²) in [6, 6.07) is 20.6. The van der Waals surface area contributed by atoms with Gasteiger partial charge in [-0.1, -0.05) is 41.9 Å². The second-order valence-corrected chi connectivity index (χ2v) is 7.71. The summed E-state index contributed by atoms with van der Waals surface area (Å²) in [7, 11) is 1.75. The van der Waals surface area contributed by atoms with Gasteiger partial charge in [0.05, 0.1) is 0 Å². The van der Waals surface area contributed by atoms with Crippen LogP contribution in [0.4, 0.5) is 5.69 Å². The fourth-order valence-electron chi connectivity index (χ4n) is 4.27. The molecule has 0 radical (unpaired) electrons. The van der Waals surface area contributed by atoms with Gasteiger partial charge in [-0.15, -0.1) is 0 Å². The molecule has 3 aromatic carbocycles. The standard InChI is InChI=1S/C25H26ClNO2/c1-5-27(6-2)19-12-13-20-24(15-19)29-23-14-17(3)22(26)16-21(23)25(20,28-4)18-10-8-7-9-11-18/h7-16H,5-6H2,1-4H3. The van der Waals surface area contributed by atoms with Crippen LogP contribution >= 0.6 is 11.6 Å². The van der Waals surface area contributed by atoms with Crippen molar-refractivity contribution >= 4 is 17.3 Å². The Morgan fingerprint density at radius 3 is 2.28 bits per heavy atom. The summed E-state index contributed by atoms with van der Waals surface area (Å²) in [4.78, 5) is 2.31. The molecule has 3 aromatic rings. The number of halogens is 1. The SMILES string of the molecule is CCN(CC)c1ccc2c(c1)Oc1cc(C)c(Cl)cc1C2(OC)c1ccccc1. The van der Waals surface area contributed by atoms with Crippen LogP contribution in [-0.2, 0) is 10.3 Å². The van der Waals surface area contributed by atoms with E-state index in [4.69, 9.17) is 21.1 Å². The summed E-state index contributed by atoms with van der Waals surface area (Å²) in [5.41, 5.74) is 4.28. The van der Waals surface area contributed by atoms with Crippen LogP contribution in [0.25, 0.3) is 0 Å². The van der Waals surface area contributed by atoms with Crippen LogP contribution in [0.3, 0.4) is 0 Å². The molecule has 1 aliphatic rings. The smallest absolute Gasteiger partial charge is 0.150 e. The zero-order chi connectivity index (χ0) is 20.6. The fraction of sp³-hybridized carbons (Fsp3) is 0.280. The average Bonchev–Trinajstić information content (AvgIpc) is 2.75. The Morgan fingerprint density at radius 2 is 1.62 bits per heavy atom. The van der Waals surface area contributed by atoms with Crippen molar-refractivity contribution in [3.8, 4) is 11.5 Å². The van der Waals surface area contributed by atoms with E-state index in [1.165, 1.54) is 0 Å². The molecule has 0 aromatic heterocycles. The van der Waals surface area contributed by atoms with Gasteiger partial charge in [-0.2, -0.15) is 0 Å². The Bertz CT molecular complexity index is 1030. The van der Waals surface area contributed by atoms with Crippen molar-refractivity contribution in [1.82, 2.24) is 0 Å². The molecule has 4 rings (SSSR count). The molecule has 29 heavy (non-hydrogen) atoms. The van der Waals surface area contributed by atoms with E-state index in [1.807, 2.05) is 37.3 Å². The van der Waals surface area contributed by atoms with E-state index in [0.717, 1.165) is 52.5 Å². The highest BCUT2D eigenvalue weighted by Gasteiger charge is 2.44. The Labute approximate surface area is 177 Å². The van der Waals surface area contributed by atoms with Crippen LogP contribution in [0.5, 0.6) is 11.5 Å². The van der Waals surface area contributed by atoms with Gasteiger partial charge in [-0.05, 0) is 56.2 Å². The Hall–Kier alpha value is -2.49. The predicted molar refractivity (Wildman–Crippen MR) is 120 cm³/mol. The largest absolute Gasteiger partial charge is 0.456 e. The molecule has 0 saturated heterocycles. The summed E-state index contributed by atoms with van der Waals surface area (Å²) in [5, 5.41) is 0.702. The molecule has 1 heterocycles. The number of aryl methyl sites for hydroxylation is 1. The highest BCUT2D eigenvalue weighted by Crippen LogP contribution is 2.53. The summed E-state index contributed by atoms with van der Waals surface area (Å²) >= 11 is 6.53. The highest BCUT2D eigenvalue weighted by atomic mass is 35.5. The minimum atomic E-state index is -0.788. The van der Waals surface area contributed by atoms with Gasteiger partial charge in [0.2, 0.25) is 0 Å². The van der Waals surface area contributed by atoms with Gasteiger partial charge in [-0.3, -0.25) is 0 Å². The van der Waals surface area contributed by atoms with Crippen molar-refractivity contribution in [2.24, 2.45) is 0 Å². The predicted octanol–water partition coefficient (Wildman–Crippen LogP) is 6.54. The molecule has 0 amide bonds. The van der Waals surface area contributed by atoms with Crippen molar-refractivity contribution in [2.45, 2.75) is 26.4 Å². The molecule has 0 N–H and O–H groups in total. The number of rotatable bonds is 5. The molecule has 0 saturated carbocycles. The number of methoxy groups -OCH3 is 1. The molecule has 0 bridgehead atoms. The first-order valence-electron chi connectivity index (χ1n) is 10.0. The zero-order valence-electron chi connectivity index (χ0n) is 17.3. The third kappa shape index (κ3) is 3.09. The van der Waals surface area contributed by atoms with E-state index in [-0.39, 0.29) is 0 Å². The average molecular weight is 408 g/mol.